The van der Waals surface area contributed by atoms with E-state index in [4.69, 9.17) is 4.74 Å². The first-order valence-corrected chi connectivity index (χ1v) is 8.16. The van der Waals surface area contributed by atoms with Gasteiger partial charge in [0.05, 0.1) is 17.1 Å². The molecule has 1 aliphatic heterocycles. The molecule has 2 heterocycles. The Morgan fingerprint density at radius 1 is 1.43 bits per heavy atom. The third-order valence-electron chi connectivity index (χ3n) is 4.05. The van der Waals surface area contributed by atoms with Gasteiger partial charge in [-0.2, -0.15) is 0 Å². The van der Waals surface area contributed by atoms with Gasteiger partial charge < -0.3 is 9.72 Å². The third-order valence-corrected chi connectivity index (χ3v) is 4.05. The molecule has 5 nitrogen and oxygen atoms in total. The summed E-state index contributed by atoms with van der Waals surface area (Å²) in [5, 5.41) is 0. The van der Waals surface area contributed by atoms with Gasteiger partial charge in [0.1, 0.15) is 18.7 Å². The molecule has 0 saturated carbocycles. The second-order valence-electron chi connectivity index (χ2n) is 7.02. The highest BCUT2D eigenvalue weighted by Gasteiger charge is 2.34. The second-order valence-corrected chi connectivity index (χ2v) is 7.02. The van der Waals surface area contributed by atoms with Gasteiger partial charge in [0.2, 0.25) is 0 Å². The maximum Gasteiger partial charge on any atom is 0.410 e. The maximum absolute atomic E-state index is 12.4. The minimum Gasteiger partial charge on any atom is -0.444 e. The number of nitrogens with zero attached hydrogens (tertiary/aromatic N) is 2. The normalized spacial score (nSPS) is 18.4. The van der Waals surface area contributed by atoms with Crippen molar-refractivity contribution in [1.29, 1.82) is 0 Å². The number of fused-ring (bicyclic) bond motifs is 1. The van der Waals surface area contributed by atoms with Crippen LogP contribution in [0.25, 0.3) is 11.0 Å². The average molecular weight is 312 g/mol. The monoisotopic (exact) mass is 312 g/mol. The number of nitrogens with one attached hydrogen (secondary N) is 1. The quantitative estimate of drug-likeness (QED) is 0.867. The van der Waals surface area contributed by atoms with Gasteiger partial charge >= 0.3 is 6.09 Å². The molecular formula is C17H23BN3O2. The van der Waals surface area contributed by atoms with Crippen molar-refractivity contribution in [1.82, 2.24) is 14.9 Å². The molecule has 1 aliphatic rings. The van der Waals surface area contributed by atoms with Gasteiger partial charge in [0, 0.05) is 6.54 Å². The number of benzene rings is 1. The zero-order valence-corrected chi connectivity index (χ0v) is 14.2. The Labute approximate surface area is 137 Å². The SMILES string of the molecule is C[B]c1ccc2nc([C@@H]3CCCN3C(=O)OC(C)(C)C)[nH]c2c1. The number of aromatic amines is 1. The van der Waals surface area contributed by atoms with Gasteiger partial charge in [-0.15, -0.1) is 0 Å². The van der Waals surface area contributed by atoms with E-state index < -0.39 is 5.60 Å². The highest BCUT2D eigenvalue weighted by atomic mass is 16.6. The van der Waals surface area contributed by atoms with E-state index in [1.807, 2.05) is 39.7 Å². The molecule has 121 valence electrons. The van der Waals surface area contributed by atoms with Crippen molar-refractivity contribution >= 4 is 29.9 Å². The van der Waals surface area contributed by atoms with Gasteiger partial charge in [-0.3, -0.25) is 4.90 Å². The topological polar surface area (TPSA) is 58.2 Å². The first-order valence-electron chi connectivity index (χ1n) is 8.16. The molecular weight excluding hydrogens is 289 g/mol. The molecule has 1 aromatic carbocycles. The number of hydrogen-bond donors (Lipinski definition) is 1. The lowest BCUT2D eigenvalue weighted by atomic mass is 9.73. The zero-order valence-electron chi connectivity index (χ0n) is 14.2. The molecule has 23 heavy (non-hydrogen) atoms. The van der Waals surface area contributed by atoms with Crippen molar-refractivity contribution in [2.45, 2.75) is 52.1 Å². The van der Waals surface area contributed by atoms with Gasteiger partial charge in [0.25, 0.3) is 0 Å². The Bertz CT molecular complexity index is 720. The molecule has 0 spiro atoms. The fraction of sp³-hybridized carbons (Fsp3) is 0.529. The van der Waals surface area contributed by atoms with Crippen molar-refractivity contribution in [3.63, 3.8) is 0 Å². The lowest BCUT2D eigenvalue weighted by molar-refractivity contribution is 0.0219. The number of amides is 1. The smallest absolute Gasteiger partial charge is 0.410 e. The molecule has 1 aromatic heterocycles. The Hall–Kier alpha value is -1.98. The Morgan fingerprint density at radius 2 is 2.22 bits per heavy atom. The molecule has 0 aliphatic carbocycles. The Balaban J connectivity index is 1.86. The number of carbonyl (C=O) groups excluding carboxylic acids is 1. The van der Waals surface area contributed by atoms with E-state index in [0.717, 1.165) is 35.2 Å². The number of likely N-dealkylation sites (tertiary alicyclic amines) is 1. The van der Waals surface area contributed by atoms with Gasteiger partial charge in [0.15, 0.2) is 0 Å². The summed E-state index contributed by atoms with van der Waals surface area (Å²) in [5.74, 6) is 0.844. The fourth-order valence-electron chi connectivity index (χ4n) is 2.97. The van der Waals surface area contributed by atoms with Gasteiger partial charge in [-0.25, -0.2) is 9.78 Å². The summed E-state index contributed by atoms with van der Waals surface area (Å²) in [6.45, 7) is 8.39. The summed E-state index contributed by atoms with van der Waals surface area (Å²) in [6, 6.07) is 6.11. The largest absolute Gasteiger partial charge is 0.444 e. The molecule has 6 heteroatoms. The Morgan fingerprint density at radius 3 is 2.91 bits per heavy atom. The summed E-state index contributed by atoms with van der Waals surface area (Å²) >= 11 is 0. The number of H-pyrrole nitrogens is 1. The zero-order chi connectivity index (χ0) is 16.6. The van der Waals surface area contributed by atoms with E-state index >= 15 is 0 Å². The first-order chi connectivity index (χ1) is 10.9. The molecule has 2 aromatic rings. The van der Waals surface area contributed by atoms with Crippen LogP contribution < -0.4 is 5.46 Å². The number of ether oxygens (including phenoxy) is 1. The van der Waals surface area contributed by atoms with Crippen LogP contribution >= 0.6 is 0 Å². The minimum atomic E-state index is -0.482. The maximum atomic E-state index is 12.4. The van der Waals surface area contributed by atoms with Crippen LogP contribution in [0, 0.1) is 0 Å². The lowest BCUT2D eigenvalue weighted by Gasteiger charge is -2.27. The summed E-state index contributed by atoms with van der Waals surface area (Å²) in [6.07, 6.45) is 1.61. The van der Waals surface area contributed by atoms with Crippen LogP contribution in [0.1, 0.15) is 45.5 Å². The third kappa shape index (κ3) is 3.36. The molecule has 1 amide bonds. The standard InChI is InChI=1S/C17H23BN3O2/c1-17(2,3)23-16(22)21-9-5-6-14(21)15-19-12-8-7-11(18-4)10-13(12)20-15/h7-8,10,14H,5-6,9H2,1-4H3,(H,19,20)/t14-/m0/s1. The van der Waals surface area contributed by atoms with Crippen LogP contribution in [0.4, 0.5) is 4.79 Å². The van der Waals surface area contributed by atoms with Crippen molar-refractivity contribution in [2.75, 3.05) is 6.54 Å². The minimum absolute atomic E-state index is 0.0358. The van der Waals surface area contributed by atoms with Crippen molar-refractivity contribution in [3.8, 4) is 0 Å². The van der Waals surface area contributed by atoms with Crippen LogP contribution in [0.3, 0.4) is 0 Å². The molecule has 1 atom stereocenters. The van der Waals surface area contributed by atoms with Crippen LogP contribution in [-0.4, -0.2) is 40.4 Å². The van der Waals surface area contributed by atoms with E-state index in [-0.39, 0.29) is 12.1 Å². The fourth-order valence-corrected chi connectivity index (χ4v) is 2.97. The Kier molecular flexibility index (Phi) is 4.09. The number of hydrogen-bond acceptors (Lipinski definition) is 3. The van der Waals surface area contributed by atoms with E-state index in [9.17, 15) is 4.79 Å². The van der Waals surface area contributed by atoms with Crippen LogP contribution in [0.5, 0.6) is 0 Å². The average Bonchev–Trinajstić information content (AvgIpc) is 3.10. The summed E-state index contributed by atoms with van der Waals surface area (Å²) < 4.78 is 5.52. The van der Waals surface area contributed by atoms with E-state index in [2.05, 4.69) is 23.3 Å². The van der Waals surface area contributed by atoms with Crippen molar-refractivity contribution in [3.05, 3.63) is 24.0 Å². The van der Waals surface area contributed by atoms with Crippen molar-refractivity contribution in [2.24, 2.45) is 0 Å². The highest BCUT2D eigenvalue weighted by Crippen LogP contribution is 2.32. The summed E-state index contributed by atoms with van der Waals surface area (Å²) in [4.78, 5) is 22.3. The van der Waals surface area contributed by atoms with E-state index in [0.29, 0.717) is 6.54 Å². The number of imidazole rings is 1. The predicted octanol–water partition coefficient (Wildman–Crippen LogP) is 3.01. The summed E-state index contributed by atoms with van der Waals surface area (Å²) in [7, 11) is 2.06. The molecule has 0 unspecified atom stereocenters. The van der Waals surface area contributed by atoms with E-state index in [1.165, 1.54) is 0 Å². The highest BCUT2D eigenvalue weighted by molar-refractivity contribution is 6.52. The molecule has 0 bridgehead atoms. The molecule has 1 fully saturated rings. The second kappa shape index (κ2) is 5.91. The summed E-state index contributed by atoms with van der Waals surface area (Å²) in [5.41, 5.74) is 2.61. The first kappa shape index (κ1) is 15.9. The number of rotatable bonds is 2. The van der Waals surface area contributed by atoms with Gasteiger partial charge in [-0.05, 0) is 45.7 Å². The number of carbonyl (C=O) groups is 1. The van der Waals surface area contributed by atoms with Crippen LogP contribution in [0.2, 0.25) is 6.82 Å². The van der Waals surface area contributed by atoms with Crippen molar-refractivity contribution < 1.29 is 9.53 Å². The molecule has 3 rings (SSSR count). The van der Waals surface area contributed by atoms with E-state index in [1.54, 1.807) is 4.90 Å². The molecule has 1 radical (unpaired) electrons. The lowest BCUT2D eigenvalue weighted by Crippen LogP contribution is -2.36. The van der Waals surface area contributed by atoms with Gasteiger partial charge in [-0.1, -0.05) is 18.4 Å². The molecule has 1 saturated heterocycles. The van der Waals surface area contributed by atoms with Crippen LogP contribution in [0.15, 0.2) is 18.2 Å². The predicted molar refractivity (Wildman–Crippen MR) is 92.3 cm³/mol. The number of aromatic nitrogens is 2. The molecule has 1 N–H and O–H groups in total. The van der Waals surface area contributed by atoms with Crippen LogP contribution in [-0.2, 0) is 4.74 Å².